The van der Waals surface area contributed by atoms with Crippen molar-refractivity contribution in [1.82, 2.24) is 4.98 Å². The Bertz CT molecular complexity index is 927. The van der Waals surface area contributed by atoms with E-state index in [0.717, 1.165) is 5.56 Å². The minimum absolute atomic E-state index is 0.114. The normalized spacial score (nSPS) is 11.9. The van der Waals surface area contributed by atoms with E-state index in [9.17, 15) is 8.42 Å². The van der Waals surface area contributed by atoms with Crippen molar-refractivity contribution in [2.45, 2.75) is 16.9 Å². The third-order valence-electron chi connectivity index (χ3n) is 3.29. The quantitative estimate of drug-likeness (QED) is 0.728. The molecule has 4 nitrogen and oxygen atoms in total. The smallest absolute Gasteiger partial charge is 0.246 e. The molecule has 0 aliphatic rings. The van der Waals surface area contributed by atoms with Crippen LogP contribution >= 0.6 is 0 Å². The van der Waals surface area contributed by atoms with Crippen LogP contribution in [-0.2, 0) is 9.84 Å². The number of hydrogen-bond donors (Lipinski definition) is 0. The van der Waals surface area contributed by atoms with Crippen LogP contribution < -0.4 is 0 Å². The van der Waals surface area contributed by atoms with Crippen LogP contribution in [0.3, 0.4) is 0 Å². The molecule has 0 saturated carbocycles. The highest BCUT2D eigenvalue weighted by Crippen LogP contribution is 2.25. The Morgan fingerprint density at radius 1 is 0.913 bits per heavy atom. The lowest BCUT2D eigenvalue weighted by Crippen LogP contribution is -2.02. The van der Waals surface area contributed by atoms with Crippen LogP contribution in [0.4, 0.5) is 0 Å². The van der Waals surface area contributed by atoms with Gasteiger partial charge < -0.3 is 4.42 Å². The molecule has 0 amide bonds. The molecule has 0 aliphatic heterocycles. The van der Waals surface area contributed by atoms with Crippen molar-refractivity contribution in [3.8, 4) is 0 Å². The van der Waals surface area contributed by atoms with Crippen molar-refractivity contribution in [1.29, 1.82) is 0 Å². The summed E-state index contributed by atoms with van der Waals surface area (Å²) in [5.41, 5.74) is 1.33. The largest absolute Gasteiger partial charge is 0.425 e. The monoisotopic (exact) mass is 325 g/mol. The second-order valence-electron chi connectivity index (χ2n) is 4.99. The Morgan fingerprint density at radius 3 is 2.17 bits per heavy atom. The van der Waals surface area contributed by atoms with Crippen molar-refractivity contribution >= 4 is 22.0 Å². The SMILES string of the molecule is Cc1nc(/C=C/c2ccccc2)oc1S(=O)(=O)c1ccccc1. The number of sulfone groups is 1. The van der Waals surface area contributed by atoms with Crippen LogP contribution in [0.25, 0.3) is 12.2 Å². The molecule has 0 saturated heterocycles. The van der Waals surface area contributed by atoms with Crippen molar-refractivity contribution in [2.24, 2.45) is 0 Å². The second kappa shape index (κ2) is 6.22. The molecule has 5 heteroatoms. The van der Waals surface area contributed by atoms with Crippen molar-refractivity contribution in [3.63, 3.8) is 0 Å². The Balaban J connectivity index is 1.94. The number of aryl methyl sites for hydroxylation is 1. The molecule has 3 rings (SSSR count). The average Bonchev–Trinajstić information content (AvgIpc) is 2.96. The fraction of sp³-hybridized carbons (Fsp3) is 0.0556. The van der Waals surface area contributed by atoms with Gasteiger partial charge in [-0.05, 0) is 30.7 Å². The van der Waals surface area contributed by atoms with Gasteiger partial charge in [-0.3, -0.25) is 0 Å². The third-order valence-corrected chi connectivity index (χ3v) is 5.05. The first kappa shape index (κ1) is 15.2. The van der Waals surface area contributed by atoms with Crippen molar-refractivity contribution in [2.75, 3.05) is 0 Å². The zero-order chi connectivity index (χ0) is 16.3. The van der Waals surface area contributed by atoms with Crippen LogP contribution in [-0.4, -0.2) is 13.4 Å². The van der Waals surface area contributed by atoms with Crippen LogP contribution in [0.1, 0.15) is 17.1 Å². The van der Waals surface area contributed by atoms with Gasteiger partial charge in [0.2, 0.25) is 20.8 Å². The van der Waals surface area contributed by atoms with E-state index in [-0.39, 0.29) is 15.9 Å². The van der Waals surface area contributed by atoms with E-state index in [2.05, 4.69) is 4.98 Å². The lowest BCUT2D eigenvalue weighted by Gasteiger charge is -2.00. The summed E-state index contributed by atoms with van der Waals surface area (Å²) < 4.78 is 30.6. The first-order valence-corrected chi connectivity index (χ1v) is 8.56. The Kier molecular flexibility index (Phi) is 4.12. The van der Waals surface area contributed by atoms with Gasteiger partial charge in [-0.15, -0.1) is 0 Å². The topological polar surface area (TPSA) is 60.2 Å². The molecule has 0 aliphatic carbocycles. The van der Waals surface area contributed by atoms with Gasteiger partial charge in [-0.25, -0.2) is 13.4 Å². The van der Waals surface area contributed by atoms with Crippen LogP contribution in [0.2, 0.25) is 0 Å². The van der Waals surface area contributed by atoms with Gasteiger partial charge in [0.05, 0.1) is 10.6 Å². The van der Waals surface area contributed by atoms with E-state index in [4.69, 9.17) is 4.42 Å². The molecule has 1 heterocycles. The molecule has 23 heavy (non-hydrogen) atoms. The van der Waals surface area contributed by atoms with Crippen molar-refractivity contribution in [3.05, 3.63) is 77.8 Å². The van der Waals surface area contributed by atoms with Gasteiger partial charge in [0, 0.05) is 6.08 Å². The molecule has 1 aromatic heterocycles. The van der Waals surface area contributed by atoms with Gasteiger partial charge in [0.1, 0.15) is 0 Å². The minimum atomic E-state index is -3.69. The number of hydrogen-bond acceptors (Lipinski definition) is 4. The minimum Gasteiger partial charge on any atom is -0.425 e. The summed E-state index contributed by atoms with van der Waals surface area (Å²) in [7, 11) is -3.69. The van der Waals surface area contributed by atoms with Gasteiger partial charge in [-0.2, -0.15) is 0 Å². The molecule has 0 bridgehead atoms. The van der Waals surface area contributed by atoms with Gasteiger partial charge in [-0.1, -0.05) is 48.5 Å². The first-order chi connectivity index (χ1) is 11.1. The van der Waals surface area contributed by atoms with Gasteiger partial charge in [0.25, 0.3) is 0 Å². The molecule has 116 valence electrons. The summed E-state index contributed by atoms with van der Waals surface area (Å²) in [5.74, 6) is 0.265. The van der Waals surface area contributed by atoms with E-state index < -0.39 is 9.84 Å². The summed E-state index contributed by atoms with van der Waals surface area (Å²) in [6.07, 6.45) is 3.48. The summed E-state index contributed by atoms with van der Waals surface area (Å²) >= 11 is 0. The first-order valence-electron chi connectivity index (χ1n) is 7.08. The standard InChI is InChI=1S/C18H15NO3S/c1-14-18(23(20,21)16-10-6-3-7-11-16)22-17(19-14)13-12-15-8-4-2-5-9-15/h2-13H,1H3/b13-12+. The Morgan fingerprint density at radius 2 is 1.52 bits per heavy atom. The Hall–Kier alpha value is -2.66. The third kappa shape index (κ3) is 3.24. The Labute approximate surface area is 135 Å². The zero-order valence-corrected chi connectivity index (χ0v) is 13.3. The maximum atomic E-state index is 12.6. The lowest BCUT2D eigenvalue weighted by atomic mass is 10.2. The van der Waals surface area contributed by atoms with Crippen LogP contribution in [0.5, 0.6) is 0 Å². The maximum absolute atomic E-state index is 12.6. The van der Waals surface area contributed by atoms with Gasteiger partial charge >= 0.3 is 0 Å². The van der Waals surface area contributed by atoms with Crippen LogP contribution in [0, 0.1) is 6.92 Å². The lowest BCUT2D eigenvalue weighted by molar-refractivity contribution is 0.437. The van der Waals surface area contributed by atoms with E-state index in [0.29, 0.717) is 5.69 Å². The predicted molar refractivity (Wildman–Crippen MR) is 88.5 cm³/mol. The predicted octanol–water partition coefficient (Wildman–Crippen LogP) is 3.99. The number of nitrogens with zero attached hydrogens (tertiary/aromatic N) is 1. The van der Waals surface area contributed by atoms with E-state index >= 15 is 0 Å². The van der Waals surface area contributed by atoms with Gasteiger partial charge in [0.15, 0.2) is 0 Å². The maximum Gasteiger partial charge on any atom is 0.246 e. The fourth-order valence-electron chi connectivity index (χ4n) is 2.16. The summed E-state index contributed by atoms with van der Waals surface area (Å²) in [5, 5.41) is -0.114. The highest BCUT2D eigenvalue weighted by atomic mass is 32.2. The molecule has 0 radical (unpaired) electrons. The molecule has 0 unspecified atom stereocenters. The fourth-order valence-corrected chi connectivity index (χ4v) is 3.52. The van der Waals surface area contributed by atoms with E-state index in [1.54, 1.807) is 31.2 Å². The average molecular weight is 325 g/mol. The molecular formula is C18H15NO3S. The van der Waals surface area contributed by atoms with E-state index in [1.165, 1.54) is 12.1 Å². The number of benzene rings is 2. The molecule has 0 N–H and O–H groups in total. The summed E-state index contributed by atoms with van der Waals surface area (Å²) in [6.45, 7) is 1.62. The molecule has 3 aromatic rings. The molecule has 0 atom stereocenters. The van der Waals surface area contributed by atoms with Crippen molar-refractivity contribution < 1.29 is 12.8 Å². The summed E-state index contributed by atoms with van der Waals surface area (Å²) in [4.78, 5) is 4.38. The number of aromatic nitrogens is 1. The highest BCUT2D eigenvalue weighted by molar-refractivity contribution is 7.91. The van der Waals surface area contributed by atoms with Crippen LogP contribution in [0.15, 0.2) is 75.1 Å². The van der Waals surface area contributed by atoms with E-state index in [1.807, 2.05) is 36.4 Å². The molecule has 2 aromatic carbocycles. The summed E-state index contributed by atoms with van der Waals surface area (Å²) in [6, 6.07) is 17.8. The molecular weight excluding hydrogens is 310 g/mol. The highest BCUT2D eigenvalue weighted by Gasteiger charge is 2.25. The second-order valence-corrected chi connectivity index (χ2v) is 6.83. The number of oxazole rings is 1. The molecule has 0 fully saturated rings. The zero-order valence-electron chi connectivity index (χ0n) is 12.5. The molecule has 0 spiro atoms. The number of rotatable bonds is 4.